The monoisotopic (exact) mass is 263 g/mol. The largest absolute Gasteiger partial charge is 0.355 e. The topological polar surface area (TPSA) is 29.1 Å². The van der Waals surface area contributed by atoms with E-state index in [9.17, 15) is 4.79 Å². The van der Waals surface area contributed by atoms with Gasteiger partial charge in [0.05, 0.1) is 0 Å². The number of carbonyl (C=O) groups is 1. The van der Waals surface area contributed by atoms with E-state index in [4.69, 9.17) is 0 Å². The van der Waals surface area contributed by atoms with Crippen LogP contribution >= 0.6 is 36.2 Å². The summed E-state index contributed by atoms with van der Waals surface area (Å²) >= 11 is 1.65. The van der Waals surface area contributed by atoms with Crippen molar-refractivity contribution in [3.8, 4) is 0 Å². The maximum Gasteiger partial charge on any atom is 0.251 e. The first-order valence-electron chi connectivity index (χ1n) is 4.00. The van der Waals surface area contributed by atoms with Crippen molar-refractivity contribution in [2.45, 2.75) is 0 Å². The first-order valence-corrected chi connectivity index (χ1v) is 4.88. The van der Waals surface area contributed by atoms with Crippen LogP contribution < -0.4 is 5.32 Å². The van der Waals surface area contributed by atoms with E-state index in [2.05, 4.69) is 5.32 Å². The first-order chi connectivity index (χ1) is 6.31. The molecule has 0 radical (unpaired) electrons. The molecule has 15 heavy (non-hydrogen) atoms. The molecule has 0 aliphatic carbocycles. The van der Waals surface area contributed by atoms with E-state index in [1.54, 1.807) is 18.4 Å². The Labute approximate surface area is 105 Å². The van der Waals surface area contributed by atoms with Gasteiger partial charge in [-0.3, -0.25) is 4.79 Å². The van der Waals surface area contributed by atoms with Gasteiger partial charge in [0, 0.05) is 17.3 Å². The van der Waals surface area contributed by atoms with Crippen LogP contribution in [0.2, 0.25) is 0 Å². The zero-order chi connectivity index (χ0) is 9.26. The highest BCUT2D eigenvalue weighted by molar-refractivity contribution is 7.17. The molecule has 0 saturated heterocycles. The average Bonchev–Trinajstić information content (AvgIpc) is 2.63. The summed E-state index contributed by atoms with van der Waals surface area (Å²) in [6.45, 7) is 0. The molecule has 2 rings (SSSR count). The van der Waals surface area contributed by atoms with Gasteiger partial charge in [-0.1, -0.05) is 6.07 Å². The van der Waals surface area contributed by atoms with E-state index in [-0.39, 0.29) is 30.7 Å². The van der Waals surface area contributed by atoms with E-state index in [0.29, 0.717) is 0 Å². The summed E-state index contributed by atoms with van der Waals surface area (Å²) < 4.78 is 1.15. The maximum absolute atomic E-state index is 11.3. The Bertz CT molecular complexity index is 455. The summed E-state index contributed by atoms with van der Waals surface area (Å²) in [6.07, 6.45) is 0. The van der Waals surface area contributed by atoms with Crippen molar-refractivity contribution < 1.29 is 4.79 Å². The van der Waals surface area contributed by atoms with Gasteiger partial charge in [0.1, 0.15) is 0 Å². The van der Waals surface area contributed by atoms with Crippen molar-refractivity contribution >= 4 is 52.1 Å². The molecule has 0 aliphatic rings. The van der Waals surface area contributed by atoms with Gasteiger partial charge in [-0.15, -0.1) is 36.2 Å². The van der Waals surface area contributed by atoms with E-state index < -0.39 is 0 Å². The Kier molecular flexibility index (Phi) is 5.65. The van der Waals surface area contributed by atoms with Crippen LogP contribution in [0, 0.1) is 0 Å². The van der Waals surface area contributed by atoms with Crippen molar-refractivity contribution in [3.05, 3.63) is 35.2 Å². The summed E-state index contributed by atoms with van der Waals surface area (Å²) in [5, 5.41) is 5.82. The molecule has 1 N–H and O–H groups in total. The Morgan fingerprint density at radius 3 is 2.67 bits per heavy atom. The molecule has 1 aromatic heterocycles. The van der Waals surface area contributed by atoms with Crippen LogP contribution in [-0.2, 0) is 0 Å². The van der Waals surface area contributed by atoms with Crippen LogP contribution in [0.4, 0.5) is 0 Å². The van der Waals surface area contributed by atoms with Gasteiger partial charge >= 0.3 is 0 Å². The van der Waals surface area contributed by atoms with Gasteiger partial charge in [0.25, 0.3) is 5.91 Å². The number of hydrogen-bond acceptors (Lipinski definition) is 2. The number of amides is 1. The third kappa shape index (κ3) is 2.84. The maximum atomic E-state index is 11.3. The summed E-state index contributed by atoms with van der Waals surface area (Å²) in [4.78, 5) is 11.3. The molecule has 1 heterocycles. The second-order valence-electron chi connectivity index (χ2n) is 2.75. The summed E-state index contributed by atoms with van der Waals surface area (Å²) in [5.74, 6) is -0.0321. The van der Waals surface area contributed by atoms with Crippen LogP contribution in [-0.4, -0.2) is 13.0 Å². The van der Waals surface area contributed by atoms with E-state index in [0.717, 1.165) is 10.3 Å². The van der Waals surface area contributed by atoms with Crippen molar-refractivity contribution in [2.75, 3.05) is 7.05 Å². The minimum Gasteiger partial charge on any atom is -0.355 e. The second kappa shape index (κ2) is 5.95. The predicted molar refractivity (Wildman–Crippen MR) is 69.7 cm³/mol. The Morgan fingerprint density at radius 2 is 2.00 bits per heavy atom. The van der Waals surface area contributed by atoms with Crippen molar-refractivity contribution in [1.29, 1.82) is 0 Å². The van der Waals surface area contributed by atoms with Crippen LogP contribution in [0.3, 0.4) is 0 Å². The lowest BCUT2D eigenvalue weighted by Crippen LogP contribution is -2.17. The normalized spacial score (nSPS) is 8.87. The molecule has 1 aromatic carbocycles. The molecule has 2 nitrogen and oxygen atoms in total. The fourth-order valence-corrected chi connectivity index (χ4v) is 2.07. The van der Waals surface area contributed by atoms with Crippen LogP contribution in [0.1, 0.15) is 10.4 Å². The quantitative estimate of drug-likeness (QED) is 0.842. The number of hydrogen-bond donors (Lipinski definition) is 1. The summed E-state index contributed by atoms with van der Waals surface area (Å²) in [6, 6.07) is 7.77. The summed E-state index contributed by atoms with van der Waals surface area (Å²) in [7, 11) is 1.64. The highest BCUT2D eigenvalue weighted by Gasteiger charge is 2.03. The minimum absolute atomic E-state index is 0. The molecule has 5 heteroatoms. The molecule has 0 aliphatic heterocycles. The standard InChI is InChI=1S/C10H9NOS.2ClH/c1-11-10(12)8-3-2-7-4-5-13-9(7)6-8;;/h2-6H,1H3,(H,11,12);2*1H. The number of rotatable bonds is 1. The van der Waals surface area contributed by atoms with Crippen LogP contribution in [0.15, 0.2) is 29.6 Å². The van der Waals surface area contributed by atoms with E-state index in [1.807, 2.05) is 29.6 Å². The Balaban J connectivity index is 0.000000980. The average molecular weight is 264 g/mol. The van der Waals surface area contributed by atoms with Gasteiger partial charge in [0.15, 0.2) is 0 Å². The third-order valence-corrected chi connectivity index (χ3v) is 2.83. The minimum atomic E-state index is -0.0321. The molecule has 2 aromatic rings. The molecule has 0 bridgehead atoms. The lowest BCUT2D eigenvalue weighted by molar-refractivity contribution is 0.0963. The summed E-state index contributed by atoms with van der Waals surface area (Å²) in [5.41, 5.74) is 0.720. The van der Waals surface area contributed by atoms with Crippen molar-refractivity contribution in [3.63, 3.8) is 0 Å². The van der Waals surface area contributed by atoms with Crippen LogP contribution in [0.25, 0.3) is 10.1 Å². The van der Waals surface area contributed by atoms with E-state index >= 15 is 0 Å². The molecule has 1 amide bonds. The third-order valence-electron chi connectivity index (χ3n) is 1.95. The Morgan fingerprint density at radius 1 is 1.27 bits per heavy atom. The molecule has 82 valence electrons. The number of carbonyl (C=O) groups excluding carboxylic acids is 1. The number of fused-ring (bicyclic) bond motifs is 1. The highest BCUT2D eigenvalue weighted by atomic mass is 35.5. The molecule has 0 unspecified atom stereocenters. The highest BCUT2D eigenvalue weighted by Crippen LogP contribution is 2.21. The lowest BCUT2D eigenvalue weighted by Gasteiger charge is -1.98. The molecule has 0 atom stereocenters. The van der Waals surface area contributed by atoms with Gasteiger partial charge in [-0.05, 0) is 29.0 Å². The smallest absolute Gasteiger partial charge is 0.251 e. The SMILES string of the molecule is CNC(=O)c1ccc2ccsc2c1.Cl.Cl. The fraction of sp³-hybridized carbons (Fsp3) is 0.100. The zero-order valence-electron chi connectivity index (χ0n) is 8.02. The molecule has 0 saturated carbocycles. The van der Waals surface area contributed by atoms with Crippen molar-refractivity contribution in [1.82, 2.24) is 5.32 Å². The van der Waals surface area contributed by atoms with E-state index in [1.165, 1.54) is 5.39 Å². The number of halogens is 2. The first kappa shape index (κ1) is 14.2. The van der Waals surface area contributed by atoms with Crippen molar-refractivity contribution in [2.24, 2.45) is 0 Å². The zero-order valence-corrected chi connectivity index (χ0v) is 10.5. The number of nitrogens with one attached hydrogen (secondary N) is 1. The number of thiophene rings is 1. The van der Waals surface area contributed by atoms with Gasteiger partial charge in [-0.2, -0.15) is 0 Å². The molecule has 0 spiro atoms. The molecular weight excluding hydrogens is 253 g/mol. The van der Waals surface area contributed by atoms with Crippen LogP contribution in [0.5, 0.6) is 0 Å². The number of benzene rings is 1. The lowest BCUT2D eigenvalue weighted by atomic mass is 10.2. The fourth-order valence-electron chi connectivity index (χ4n) is 1.24. The van der Waals surface area contributed by atoms with Gasteiger partial charge in [0.2, 0.25) is 0 Å². The second-order valence-corrected chi connectivity index (χ2v) is 3.70. The Hall–Kier alpha value is -0.770. The molecular formula is C10H11Cl2NOS. The van der Waals surface area contributed by atoms with Gasteiger partial charge < -0.3 is 5.32 Å². The van der Waals surface area contributed by atoms with Gasteiger partial charge in [-0.25, -0.2) is 0 Å². The predicted octanol–water partition coefficient (Wildman–Crippen LogP) is 3.10. The molecule has 0 fully saturated rings.